The van der Waals surface area contributed by atoms with E-state index in [0.29, 0.717) is 12.5 Å². The fraction of sp³-hybridized carbons (Fsp3) is 0.917. The fourth-order valence-electron chi connectivity index (χ4n) is 1.70. The third-order valence-electron chi connectivity index (χ3n) is 2.30. The SMILES string of the molecule is CC(C)CC(C)(CN)NC(=O)COC(C)C.Cl. The second kappa shape index (κ2) is 8.72. The van der Waals surface area contributed by atoms with Gasteiger partial charge >= 0.3 is 0 Å². The fourth-order valence-corrected chi connectivity index (χ4v) is 1.70. The molecule has 0 fully saturated rings. The standard InChI is InChI=1S/C12H26N2O2.ClH/c1-9(2)6-12(5,8-13)14-11(15)7-16-10(3)4;/h9-10H,6-8,13H2,1-5H3,(H,14,15);1H. The van der Waals surface area contributed by atoms with Crippen LogP contribution >= 0.6 is 12.4 Å². The van der Waals surface area contributed by atoms with Gasteiger partial charge in [0.2, 0.25) is 5.91 Å². The van der Waals surface area contributed by atoms with Crippen LogP contribution < -0.4 is 11.1 Å². The summed E-state index contributed by atoms with van der Waals surface area (Å²) < 4.78 is 5.25. The van der Waals surface area contributed by atoms with Crippen LogP contribution in [0.2, 0.25) is 0 Å². The topological polar surface area (TPSA) is 64.3 Å². The molecule has 0 aromatic carbocycles. The molecule has 1 atom stereocenters. The molecule has 4 nitrogen and oxygen atoms in total. The molecule has 3 N–H and O–H groups in total. The summed E-state index contributed by atoms with van der Waals surface area (Å²) in [6.45, 7) is 10.6. The second-order valence-electron chi connectivity index (χ2n) is 5.27. The molecule has 0 aliphatic rings. The molecule has 0 saturated heterocycles. The largest absolute Gasteiger partial charge is 0.369 e. The first-order valence-electron chi connectivity index (χ1n) is 5.92. The normalized spacial score (nSPS) is 14.4. The van der Waals surface area contributed by atoms with Crippen molar-refractivity contribution in [3.05, 3.63) is 0 Å². The lowest BCUT2D eigenvalue weighted by Gasteiger charge is -2.31. The number of halogens is 1. The van der Waals surface area contributed by atoms with Crippen molar-refractivity contribution in [1.82, 2.24) is 5.32 Å². The summed E-state index contributed by atoms with van der Waals surface area (Å²) in [7, 11) is 0. The Morgan fingerprint density at radius 3 is 2.24 bits per heavy atom. The van der Waals surface area contributed by atoms with Crippen LogP contribution in [0, 0.1) is 5.92 Å². The summed E-state index contributed by atoms with van der Waals surface area (Å²) in [4.78, 5) is 11.6. The number of rotatable bonds is 7. The number of amides is 1. The highest BCUT2D eigenvalue weighted by Gasteiger charge is 2.25. The van der Waals surface area contributed by atoms with E-state index >= 15 is 0 Å². The summed E-state index contributed by atoms with van der Waals surface area (Å²) in [5.74, 6) is 0.405. The Balaban J connectivity index is 0. The number of carbonyl (C=O) groups excluding carboxylic acids is 1. The summed E-state index contributed by atoms with van der Waals surface area (Å²) in [5.41, 5.74) is 5.38. The second-order valence-corrected chi connectivity index (χ2v) is 5.27. The molecule has 0 heterocycles. The smallest absolute Gasteiger partial charge is 0.246 e. The van der Waals surface area contributed by atoms with Gasteiger partial charge in [0.15, 0.2) is 0 Å². The quantitative estimate of drug-likeness (QED) is 0.737. The van der Waals surface area contributed by atoms with Crippen LogP contribution in [0.15, 0.2) is 0 Å². The zero-order valence-electron chi connectivity index (χ0n) is 11.6. The van der Waals surface area contributed by atoms with Crippen LogP contribution in [-0.2, 0) is 9.53 Å². The highest BCUT2D eigenvalue weighted by Crippen LogP contribution is 2.14. The van der Waals surface area contributed by atoms with Crippen LogP contribution in [0.3, 0.4) is 0 Å². The van der Waals surface area contributed by atoms with E-state index in [9.17, 15) is 4.79 Å². The Kier molecular flexibility index (Phi) is 9.77. The van der Waals surface area contributed by atoms with E-state index in [2.05, 4.69) is 19.2 Å². The molecule has 0 aliphatic carbocycles. The lowest BCUT2D eigenvalue weighted by atomic mass is 9.91. The Morgan fingerprint density at radius 1 is 1.35 bits per heavy atom. The Hall–Kier alpha value is -0.320. The van der Waals surface area contributed by atoms with Gasteiger partial charge in [-0.15, -0.1) is 12.4 Å². The average Bonchev–Trinajstić information content (AvgIpc) is 2.13. The van der Waals surface area contributed by atoms with Crippen LogP contribution in [0.1, 0.15) is 41.0 Å². The van der Waals surface area contributed by atoms with E-state index in [0.717, 1.165) is 6.42 Å². The highest BCUT2D eigenvalue weighted by atomic mass is 35.5. The molecule has 0 saturated carbocycles. The van der Waals surface area contributed by atoms with E-state index in [4.69, 9.17) is 10.5 Å². The summed E-state index contributed by atoms with van der Waals surface area (Å²) in [6, 6.07) is 0. The van der Waals surface area contributed by atoms with Gasteiger partial charge in [0.25, 0.3) is 0 Å². The van der Waals surface area contributed by atoms with E-state index in [-0.39, 0.29) is 36.6 Å². The van der Waals surface area contributed by atoms with Gasteiger partial charge in [-0.1, -0.05) is 13.8 Å². The maximum Gasteiger partial charge on any atom is 0.246 e. The molecule has 0 bridgehead atoms. The first-order valence-corrected chi connectivity index (χ1v) is 5.92. The maximum atomic E-state index is 11.6. The van der Waals surface area contributed by atoms with Crippen molar-refractivity contribution in [2.24, 2.45) is 11.7 Å². The average molecular weight is 267 g/mol. The molecule has 0 radical (unpaired) electrons. The number of nitrogens with two attached hydrogens (primary N) is 1. The first-order chi connectivity index (χ1) is 7.29. The van der Waals surface area contributed by atoms with E-state index in [1.165, 1.54) is 0 Å². The molecule has 0 aromatic rings. The number of hydrogen-bond donors (Lipinski definition) is 2. The molecule has 1 amide bonds. The van der Waals surface area contributed by atoms with Crippen molar-refractivity contribution in [3.63, 3.8) is 0 Å². The van der Waals surface area contributed by atoms with Gasteiger partial charge in [0, 0.05) is 12.1 Å². The van der Waals surface area contributed by atoms with Gasteiger partial charge in [-0.3, -0.25) is 4.79 Å². The Morgan fingerprint density at radius 2 is 1.88 bits per heavy atom. The van der Waals surface area contributed by atoms with Gasteiger partial charge in [-0.2, -0.15) is 0 Å². The van der Waals surface area contributed by atoms with Crippen LogP contribution in [0.5, 0.6) is 0 Å². The lowest BCUT2D eigenvalue weighted by molar-refractivity contribution is -0.129. The van der Waals surface area contributed by atoms with Crippen molar-refractivity contribution < 1.29 is 9.53 Å². The molecule has 0 aliphatic heterocycles. The minimum Gasteiger partial charge on any atom is -0.369 e. The van der Waals surface area contributed by atoms with Crippen molar-refractivity contribution in [1.29, 1.82) is 0 Å². The molecule has 17 heavy (non-hydrogen) atoms. The van der Waals surface area contributed by atoms with Gasteiger partial charge in [0.05, 0.1) is 6.10 Å². The van der Waals surface area contributed by atoms with E-state index in [1.54, 1.807) is 0 Å². The molecule has 0 rings (SSSR count). The first kappa shape index (κ1) is 19.0. The summed E-state index contributed by atoms with van der Waals surface area (Å²) in [5, 5.41) is 2.94. The molecule has 0 spiro atoms. The maximum absolute atomic E-state index is 11.6. The van der Waals surface area contributed by atoms with Gasteiger partial charge in [-0.05, 0) is 33.1 Å². The minimum atomic E-state index is -0.328. The highest BCUT2D eigenvalue weighted by molar-refractivity contribution is 5.85. The lowest BCUT2D eigenvalue weighted by Crippen LogP contribution is -2.53. The van der Waals surface area contributed by atoms with Gasteiger partial charge in [0.1, 0.15) is 6.61 Å². The van der Waals surface area contributed by atoms with Crippen LogP contribution in [-0.4, -0.2) is 30.7 Å². The number of ether oxygens (including phenoxy) is 1. The molecular weight excluding hydrogens is 240 g/mol. The third-order valence-corrected chi connectivity index (χ3v) is 2.30. The predicted molar refractivity (Wildman–Crippen MR) is 73.4 cm³/mol. The number of hydrogen-bond acceptors (Lipinski definition) is 3. The Bertz CT molecular complexity index is 223. The van der Waals surface area contributed by atoms with Gasteiger partial charge in [-0.25, -0.2) is 0 Å². The van der Waals surface area contributed by atoms with E-state index < -0.39 is 0 Å². The molecule has 104 valence electrons. The molecule has 1 unspecified atom stereocenters. The van der Waals surface area contributed by atoms with E-state index in [1.807, 2.05) is 20.8 Å². The van der Waals surface area contributed by atoms with Crippen LogP contribution in [0.4, 0.5) is 0 Å². The summed E-state index contributed by atoms with van der Waals surface area (Å²) in [6.07, 6.45) is 0.941. The van der Waals surface area contributed by atoms with Crippen molar-refractivity contribution in [2.45, 2.75) is 52.7 Å². The minimum absolute atomic E-state index is 0. The third kappa shape index (κ3) is 9.39. The van der Waals surface area contributed by atoms with Crippen molar-refractivity contribution in [3.8, 4) is 0 Å². The van der Waals surface area contributed by atoms with Gasteiger partial charge < -0.3 is 15.8 Å². The number of nitrogens with one attached hydrogen (secondary N) is 1. The zero-order chi connectivity index (χ0) is 12.8. The van der Waals surface area contributed by atoms with Crippen molar-refractivity contribution >= 4 is 18.3 Å². The predicted octanol–water partition coefficient (Wildman–Crippen LogP) is 1.71. The monoisotopic (exact) mass is 266 g/mol. The zero-order valence-corrected chi connectivity index (χ0v) is 12.4. The van der Waals surface area contributed by atoms with Crippen molar-refractivity contribution in [2.75, 3.05) is 13.2 Å². The molecular formula is C12H27ClN2O2. The number of carbonyl (C=O) groups is 1. The molecule has 0 aromatic heterocycles. The summed E-state index contributed by atoms with van der Waals surface area (Å²) >= 11 is 0. The van der Waals surface area contributed by atoms with Crippen LogP contribution in [0.25, 0.3) is 0 Å². The molecule has 5 heteroatoms. The Labute approximate surface area is 111 Å².